The molecule has 0 spiro atoms. The minimum absolute atomic E-state index is 0.277. The summed E-state index contributed by atoms with van der Waals surface area (Å²) in [5, 5.41) is 12.1. The van der Waals surface area contributed by atoms with Gasteiger partial charge >= 0.3 is 0 Å². The lowest BCUT2D eigenvalue weighted by Gasteiger charge is -2.03. The molecule has 25 heavy (non-hydrogen) atoms. The summed E-state index contributed by atoms with van der Waals surface area (Å²) in [5.41, 5.74) is 2.47. The molecule has 0 saturated carbocycles. The van der Waals surface area contributed by atoms with Crippen molar-refractivity contribution in [2.75, 3.05) is 5.32 Å². The second kappa shape index (κ2) is 6.62. The van der Waals surface area contributed by atoms with Crippen molar-refractivity contribution in [3.63, 3.8) is 0 Å². The fraction of sp³-hybridized carbons (Fsp3) is 0. The van der Waals surface area contributed by atoms with Crippen LogP contribution in [0.1, 0.15) is 10.5 Å². The van der Waals surface area contributed by atoms with Crippen molar-refractivity contribution in [2.45, 2.75) is 0 Å². The van der Waals surface area contributed by atoms with Gasteiger partial charge in [-0.05, 0) is 29.7 Å². The molecule has 0 atom stereocenters. The first-order valence-electron chi connectivity index (χ1n) is 7.37. The first-order valence-corrected chi connectivity index (χ1v) is 8.21. The van der Waals surface area contributed by atoms with E-state index in [1.807, 2.05) is 36.4 Å². The van der Waals surface area contributed by atoms with E-state index in [-0.39, 0.29) is 11.6 Å². The number of amides is 1. The van der Waals surface area contributed by atoms with E-state index < -0.39 is 0 Å². The number of nitrogens with one attached hydrogen (secondary N) is 1. The monoisotopic (exact) mass is 349 g/mol. The van der Waals surface area contributed by atoms with Crippen LogP contribution < -0.4 is 5.32 Å². The van der Waals surface area contributed by atoms with Crippen LogP contribution in [0.4, 0.5) is 5.69 Å². The predicted octanol–water partition coefficient (Wildman–Crippen LogP) is 3.51. The Bertz CT molecular complexity index is 999. The third-order valence-electron chi connectivity index (χ3n) is 3.42. The first kappa shape index (κ1) is 15.2. The summed E-state index contributed by atoms with van der Waals surface area (Å²) in [5.74, 6) is 0.574. The maximum absolute atomic E-state index is 12.1. The Morgan fingerprint density at radius 1 is 1.04 bits per heavy atom. The van der Waals surface area contributed by atoms with Gasteiger partial charge in [0.05, 0.1) is 0 Å². The van der Waals surface area contributed by atoms with Gasteiger partial charge in [-0.3, -0.25) is 4.79 Å². The molecule has 0 fully saturated rings. The average Bonchev–Trinajstić information content (AvgIpc) is 3.35. The molecule has 4 aromatic rings. The van der Waals surface area contributed by atoms with E-state index in [1.54, 1.807) is 23.6 Å². The Morgan fingerprint density at radius 2 is 1.88 bits per heavy atom. The number of anilines is 1. The van der Waals surface area contributed by atoms with Gasteiger partial charge < -0.3 is 9.84 Å². The molecule has 1 amide bonds. The summed E-state index contributed by atoms with van der Waals surface area (Å²) in [6.07, 6.45) is 0. The van der Waals surface area contributed by atoms with Crippen molar-refractivity contribution < 1.29 is 9.32 Å². The fourth-order valence-corrected chi connectivity index (χ4v) is 2.67. The summed E-state index contributed by atoms with van der Waals surface area (Å²) < 4.78 is 9.02. The smallest absolute Gasteiger partial charge is 0.277 e. The van der Waals surface area contributed by atoms with Crippen LogP contribution in [0, 0.1) is 0 Å². The lowest BCUT2D eigenvalue weighted by atomic mass is 10.2. The normalized spacial score (nSPS) is 10.6. The van der Waals surface area contributed by atoms with E-state index >= 15 is 0 Å². The maximum Gasteiger partial charge on any atom is 0.277 e. The minimum atomic E-state index is -0.318. The summed E-state index contributed by atoms with van der Waals surface area (Å²) >= 11 is 1.12. The molecule has 0 unspecified atom stereocenters. The summed E-state index contributed by atoms with van der Waals surface area (Å²) in [6.45, 7) is 0. The molecular formula is C17H11N5O2S. The molecule has 0 radical (unpaired) electrons. The second-order valence-corrected chi connectivity index (χ2v) is 5.72. The highest BCUT2D eigenvalue weighted by Gasteiger charge is 2.13. The third-order valence-corrected chi connectivity index (χ3v) is 3.92. The summed E-state index contributed by atoms with van der Waals surface area (Å²) in [6, 6.07) is 16.7. The molecule has 122 valence electrons. The van der Waals surface area contributed by atoms with E-state index in [0.29, 0.717) is 23.0 Å². The zero-order chi connectivity index (χ0) is 17.1. The Kier molecular flexibility index (Phi) is 4.01. The third kappa shape index (κ3) is 3.29. The standard InChI is InChI=1S/C17H11N5O2S/c23-16(14-10-25-22-20-14)18-13-8-4-7-12(9-13)17-19-15(21-24-17)11-5-2-1-3-6-11/h1-10H,(H,18,23). The molecule has 4 rings (SSSR count). The highest BCUT2D eigenvalue weighted by Crippen LogP contribution is 2.24. The van der Waals surface area contributed by atoms with E-state index in [2.05, 4.69) is 25.0 Å². The van der Waals surface area contributed by atoms with Gasteiger partial charge in [0.25, 0.3) is 11.8 Å². The van der Waals surface area contributed by atoms with E-state index in [9.17, 15) is 4.79 Å². The van der Waals surface area contributed by atoms with Gasteiger partial charge in [0.15, 0.2) is 5.69 Å². The largest absolute Gasteiger partial charge is 0.334 e. The van der Waals surface area contributed by atoms with Crippen LogP contribution in [-0.4, -0.2) is 25.6 Å². The van der Waals surface area contributed by atoms with Gasteiger partial charge in [-0.15, -0.1) is 5.10 Å². The molecule has 7 nitrogen and oxygen atoms in total. The van der Waals surface area contributed by atoms with E-state index in [4.69, 9.17) is 4.52 Å². The topological polar surface area (TPSA) is 93.8 Å². The number of nitrogens with zero attached hydrogens (tertiary/aromatic N) is 4. The first-order chi connectivity index (χ1) is 12.3. The number of hydrogen-bond donors (Lipinski definition) is 1. The molecular weight excluding hydrogens is 338 g/mol. The molecule has 2 aromatic carbocycles. The molecule has 0 aliphatic heterocycles. The van der Waals surface area contributed by atoms with E-state index in [1.165, 1.54) is 0 Å². The number of benzene rings is 2. The Morgan fingerprint density at radius 3 is 2.68 bits per heavy atom. The summed E-state index contributed by atoms with van der Waals surface area (Å²) in [4.78, 5) is 16.5. The zero-order valence-corrected chi connectivity index (χ0v) is 13.6. The number of aromatic nitrogens is 4. The lowest BCUT2D eigenvalue weighted by molar-refractivity contribution is 0.102. The quantitative estimate of drug-likeness (QED) is 0.606. The molecule has 2 aromatic heterocycles. The molecule has 8 heteroatoms. The van der Waals surface area contributed by atoms with Crippen LogP contribution >= 0.6 is 11.5 Å². The molecule has 0 aliphatic carbocycles. The second-order valence-electron chi connectivity index (χ2n) is 5.11. The SMILES string of the molecule is O=C(Nc1cccc(-c2nc(-c3ccccc3)no2)c1)c1csnn1. The molecule has 1 N–H and O–H groups in total. The highest BCUT2D eigenvalue weighted by atomic mass is 32.1. The molecule has 0 aliphatic rings. The number of hydrogen-bond acceptors (Lipinski definition) is 7. The fourth-order valence-electron chi connectivity index (χ4n) is 2.23. The lowest BCUT2D eigenvalue weighted by Crippen LogP contribution is -2.12. The van der Waals surface area contributed by atoms with Gasteiger partial charge in [0.1, 0.15) is 0 Å². The van der Waals surface area contributed by atoms with E-state index in [0.717, 1.165) is 17.1 Å². The zero-order valence-electron chi connectivity index (χ0n) is 12.8. The van der Waals surface area contributed by atoms with Crippen LogP contribution in [0.25, 0.3) is 22.8 Å². The van der Waals surface area contributed by atoms with Crippen molar-refractivity contribution >= 4 is 23.1 Å². The van der Waals surface area contributed by atoms with Crippen LogP contribution in [0.15, 0.2) is 64.5 Å². The van der Waals surface area contributed by atoms with Crippen molar-refractivity contribution in [1.82, 2.24) is 19.7 Å². The van der Waals surface area contributed by atoms with Gasteiger partial charge in [-0.25, -0.2) is 0 Å². The molecule has 2 heterocycles. The van der Waals surface area contributed by atoms with Crippen molar-refractivity contribution in [1.29, 1.82) is 0 Å². The molecule has 0 saturated heterocycles. The van der Waals surface area contributed by atoms with Crippen molar-refractivity contribution in [3.8, 4) is 22.8 Å². The Hall–Kier alpha value is -3.39. The summed E-state index contributed by atoms with van der Waals surface area (Å²) in [7, 11) is 0. The Labute approximate surface area is 146 Å². The molecule has 0 bridgehead atoms. The van der Waals surface area contributed by atoms with Crippen LogP contribution in [0.3, 0.4) is 0 Å². The van der Waals surface area contributed by atoms with Crippen LogP contribution in [0.2, 0.25) is 0 Å². The van der Waals surface area contributed by atoms with Gasteiger partial charge in [0, 0.05) is 22.2 Å². The van der Waals surface area contributed by atoms with Gasteiger partial charge in [-0.1, -0.05) is 46.0 Å². The highest BCUT2D eigenvalue weighted by molar-refractivity contribution is 7.03. The number of carbonyl (C=O) groups is 1. The average molecular weight is 349 g/mol. The van der Waals surface area contributed by atoms with Crippen LogP contribution in [-0.2, 0) is 0 Å². The van der Waals surface area contributed by atoms with Crippen molar-refractivity contribution in [3.05, 3.63) is 65.7 Å². The van der Waals surface area contributed by atoms with Crippen molar-refractivity contribution in [2.24, 2.45) is 0 Å². The Balaban J connectivity index is 1.58. The predicted molar refractivity (Wildman–Crippen MR) is 93.0 cm³/mol. The van der Waals surface area contributed by atoms with Gasteiger partial charge in [0.2, 0.25) is 5.82 Å². The maximum atomic E-state index is 12.1. The minimum Gasteiger partial charge on any atom is -0.334 e. The van der Waals surface area contributed by atoms with Gasteiger partial charge in [-0.2, -0.15) is 4.98 Å². The number of carbonyl (C=O) groups excluding carboxylic acids is 1. The number of rotatable bonds is 4. The van der Waals surface area contributed by atoms with Crippen LogP contribution in [0.5, 0.6) is 0 Å².